The molecule has 0 spiro atoms. The zero-order valence-electron chi connectivity index (χ0n) is 15.4. The summed E-state index contributed by atoms with van der Waals surface area (Å²) in [4.78, 5) is 20.7. The number of rotatable bonds is 5. The smallest absolute Gasteiger partial charge is 0.369 e. The number of anilines is 1. The highest BCUT2D eigenvalue weighted by atomic mass is 32.2. The number of likely N-dealkylation sites (N-methyl/N-ethyl adjacent to an activating group) is 1. The van der Waals surface area contributed by atoms with E-state index in [-0.39, 0.29) is 28.9 Å². The van der Waals surface area contributed by atoms with Gasteiger partial charge in [-0.05, 0) is 30.8 Å². The molecule has 5 nitrogen and oxygen atoms in total. The minimum absolute atomic E-state index is 0.0816. The highest BCUT2D eigenvalue weighted by molar-refractivity contribution is 8.00. The van der Waals surface area contributed by atoms with Gasteiger partial charge in [0.05, 0.1) is 5.56 Å². The first-order chi connectivity index (χ1) is 13.3. The van der Waals surface area contributed by atoms with Crippen molar-refractivity contribution in [2.75, 3.05) is 38.1 Å². The van der Waals surface area contributed by atoms with Crippen LogP contribution in [0.4, 0.5) is 18.9 Å². The molecule has 0 bridgehead atoms. The Morgan fingerprint density at radius 1 is 1.14 bits per heavy atom. The molecular formula is C19H21F3N4OS. The Morgan fingerprint density at radius 3 is 2.57 bits per heavy atom. The van der Waals surface area contributed by atoms with E-state index in [2.05, 4.69) is 27.1 Å². The van der Waals surface area contributed by atoms with E-state index >= 15 is 0 Å². The number of hydrogen-bond donors (Lipinski definition) is 1. The van der Waals surface area contributed by atoms with Crippen molar-refractivity contribution in [1.29, 1.82) is 0 Å². The van der Waals surface area contributed by atoms with Crippen molar-refractivity contribution in [2.45, 2.75) is 17.1 Å². The number of carbonyl (C=O) groups excluding carboxylic acids is 1. The summed E-state index contributed by atoms with van der Waals surface area (Å²) < 4.78 is 38.1. The minimum Gasteiger partial charge on any atom is -0.369 e. The Balaban J connectivity index is 1.71. The van der Waals surface area contributed by atoms with Gasteiger partial charge < -0.3 is 15.1 Å². The van der Waals surface area contributed by atoms with Crippen LogP contribution < -0.4 is 10.2 Å². The molecule has 150 valence electrons. The van der Waals surface area contributed by atoms with Crippen molar-refractivity contribution < 1.29 is 18.0 Å². The first kappa shape index (κ1) is 20.5. The molecule has 1 aromatic carbocycles. The maximum absolute atomic E-state index is 12.7. The molecule has 0 atom stereocenters. The Kier molecular flexibility index (Phi) is 6.46. The summed E-state index contributed by atoms with van der Waals surface area (Å²) in [7, 11) is 2.08. The molecule has 1 saturated heterocycles. The highest BCUT2D eigenvalue weighted by Crippen LogP contribution is 2.37. The summed E-state index contributed by atoms with van der Waals surface area (Å²) in [5, 5.41) is 2.39. The van der Waals surface area contributed by atoms with Crippen molar-refractivity contribution in [2.24, 2.45) is 0 Å². The van der Waals surface area contributed by atoms with Crippen molar-refractivity contribution in [3.63, 3.8) is 0 Å². The molecule has 9 heteroatoms. The van der Waals surface area contributed by atoms with Gasteiger partial charge in [0.25, 0.3) is 5.91 Å². The van der Waals surface area contributed by atoms with Gasteiger partial charge in [-0.15, -0.1) is 0 Å². The SMILES string of the molecule is CN1CCN(c2ccccc2CNC(=O)c2cccnc2SC(F)(F)F)CC1. The number of pyridine rings is 1. The van der Waals surface area contributed by atoms with Crippen molar-refractivity contribution in [1.82, 2.24) is 15.2 Å². The maximum atomic E-state index is 12.7. The third-order valence-electron chi connectivity index (χ3n) is 4.50. The number of nitrogens with one attached hydrogen (secondary N) is 1. The quantitative estimate of drug-likeness (QED) is 0.766. The number of para-hydroxylation sites is 1. The second kappa shape index (κ2) is 8.83. The van der Waals surface area contributed by atoms with Gasteiger partial charge in [0.15, 0.2) is 0 Å². The van der Waals surface area contributed by atoms with Crippen LogP contribution in [-0.2, 0) is 6.54 Å². The van der Waals surface area contributed by atoms with Gasteiger partial charge in [-0.3, -0.25) is 4.79 Å². The van der Waals surface area contributed by atoms with Crippen LogP contribution in [0.3, 0.4) is 0 Å². The molecule has 1 fully saturated rings. The van der Waals surface area contributed by atoms with Crippen LogP contribution in [0.5, 0.6) is 0 Å². The molecule has 28 heavy (non-hydrogen) atoms. The second-order valence-corrected chi connectivity index (χ2v) is 7.56. The third-order valence-corrected chi connectivity index (χ3v) is 5.25. The number of aromatic nitrogens is 1. The third kappa shape index (κ3) is 5.39. The number of carbonyl (C=O) groups is 1. The Hall–Kier alpha value is -2.26. The number of piperazine rings is 1. The van der Waals surface area contributed by atoms with Gasteiger partial charge >= 0.3 is 5.51 Å². The summed E-state index contributed by atoms with van der Waals surface area (Å²) >= 11 is -0.381. The number of hydrogen-bond acceptors (Lipinski definition) is 5. The van der Waals surface area contributed by atoms with E-state index in [1.165, 1.54) is 18.3 Å². The molecule has 1 N–H and O–H groups in total. The number of alkyl halides is 3. The molecule has 1 aliphatic heterocycles. The van der Waals surface area contributed by atoms with Crippen LogP contribution in [0.25, 0.3) is 0 Å². The summed E-state index contributed by atoms with van der Waals surface area (Å²) in [6.45, 7) is 3.90. The van der Waals surface area contributed by atoms with E-state index < -0.39 is 11.4 Å². The van der Waals surface area contributed by atoms with E-state index in [4.69, 9.17) is 0 Å². The van der Waals surface area contributed by atoms with E-state index in [0.29, 0.717) is 0 Å². The molecule has 0 saturated carbocycles. The fourth-order valence-corrected chi connectivity index (χ4v) is 3.64. The fourth-order valence-electron chi connectivity index (χ4n) is 3.04. The average molecular weight is 410 g/mol. The van der Waals surface area contributed by atoms with E-state index in [9.17, 15) is 18.0 Å². The average Bonchev–Trinajstić information content (AvgIpc) is 2.66. The molecule has 1 amide bonds. The lowest BCUT2D eigenvalue weighted by molar-refractivity contribution is -0.0329. The van der Waals surface area contributed by atoms with Crippen LogP contribution in [-0.4, -0.2) is 54.5 Å². The zero-order chi connectivity index (χ0) is 20.1. The maximum Gasteiger partial charge on any atom is 0.447 e. The summed E-state index contributed by atoms with van der Waals surface area (Å²) in [5.74, 6) is -0.576. The molecular weight excluding hydrogens is 389 g/mol. The predicted molar refractivity (Wildman–Crippen MR) is 103 cm³/mol. The molecule has 0 aliphatic carbocycles. The van der Waals surface area contributed by atoms with Crippen LogP contribution in [0.15, 0.2) is 47.6 Å². The number of nitrogens with zero attached hydrogens (tertiary/aromatic N) is 3. The normalized spacial score (nSPS) is 15.5. The van der Waals surface area contributed by atoms with Gasteiger partial charge in [0.1, 0.15) is 5.03 Å². The zero-order valence-corrected chi connectivity index (χ0v) is 16.2. The highest BCUT2D eigenvalue weighted by Gasteiger charge is 2.32. The molecule has 2 aromatic rings. The molecule has 2 heterocycles. The summed E-state index contributed by atoms with van der Waals surface area (Å²) in [6, 6.07) is 10.6. The molecule has 1 aliphatic rings. The summed E-state index contributed by atoms with van der Waals surface area (Å²) in [5.41, 5.74) is -2.62. The number of halogens is 3. The fraction of sp³-hybridized carbons (Fsp3) is 0.368. The van der Waals surface area contributed by atoms with Gasteiger partial charge in [-0.1, -0.05) is 18.2 Å². The van der Waals surface area contributed by atoms with Gasteiger partial charge in [0, 0.05) is 56.4 Å². The van der Waals surface area contributed by atoms with Gasteiger partial charge in [-0.2, -0.15) is 13.2 Å². The first-order valence-electron chi connectivity index (χ1n) is 8.84. The molecule has 0 unspecified atom stereocenters. The molecule has 1 aromatic heterocycles. The monoisotopic (exact) mass is 410 g/mol. The summed E-state index contributed by atoms with van der Waals surface area (Å²) in [6.07, 6.45) is 1.24. The van der Waals surface area contributed by atoms with Gasteiger partial charge in [-0.25, -0.2) is 4.98 Å². The second-order valence-electron chi connectivity index (χ2n) is 6.51. The van der Waals surface area contributed by atoms with Gasteiger partial charge in [0.2, 0.25) is 0 Å². The topological polar surface area (TPSA) is 48.5 Å². The Labute approximate surface area is 165 Å². The first-order valence-corrected chi connectivity index (χ1v) is 9.65. The largest absolute Gasteiger partial charge is 0.447 e. The number of amides is 1. The van der Waals surface area contributed by atoms with Crippen molar-refractivity contribution in [3.05, 3.63) is 53.7 Å². The van der Waals surface area contributed by atoms with Crippen LogP contribution in [0.2, 0.25) is 0 Å². The number of benzene rings is 1. The van der Waals surface area contributed by atoms with Crippen molar-refractivity contribution in [3.8, 4) is 0 Å². The van der Waals surface area contributed by atoms with E-state index in [0.717, 1.165) is 37.4 Å². The number of thioether (sulfide) groups is 1. The molecule has 0 radical (unpaired) electrons. The predicted octanol–water partition coefficient (Wildman–Crippen LogP) is 3.38. The lowest BCUT2D eigenvalue weighted by atomic mass is 10.1. The van der Waals surface area contributed by atoms with Crippen LogP contribution >= 0.6 is 11.8 Å². The molecule has 3 rings (SSSR count). The standard InChI is InChI=1S/C19H21F3N4OS/c1-25-9-11-26(12-10-25)16-7-3-2-5-14(16)13-24-17(27)15-6-4-8-23-18(15)28-19(20,21)22/h2-8H,9-13H2,1H3,(H,24,27). The van der Waals surface area contributed by atoms with E-state index in [1.54, 1.807) is 0 Å². The Bertz CT molecular complexity index is 823. The van der Waals surface area contributed by atoms with Crippen LogP contribution in [0, 0.1) is 0 Å². The lowest BCUT2D eigenvalue weighted by Crippen LogP contribution is -2.45. The Morgan fingerprint density at radius 2 is 1.86 bits per heavy atom. The minimum atomic E-state index is -4.50. The van der Waals surface area contributed by atoms with Crippen LogP contribution in [0.1, 0.15) is 15.9 Å². The lowest BCUT2D eigenvalue weighted by Gasteiger charge is -2.35. The van der Waals surface area contributed by atoms with Crippen molar-refractivity contribution >= 4 is 23.4 Å². The van der Waals surface area contributed by atoms with E-state index in [1.807, 2.05) is 24.3 Å².